The van der Waals surface area contributed by atoms with Gasteiger partial charge >= 0.3 is 29.8 Å². The number of rotatable bonds is 26. The van der Waals surface area contributed by atoms with Crippen molar-refractivity contribution in [2.24, 2.45) is 11.8 Å². The number of benzene rings is 5. The minimum atomic E-state index is -1.22. The van der Waals surface area contributed by atoms with Crippen molar-refractivity contribution in [3.05, 3.63) is 88.7 Å². The third kappa shape index (κ3) is 13.6. The van der Waals surface area contributed by atoms with Crippen molar-refractivity contribution in [3.63, 3.8) is 0 Å². The van der Waals surface area contributed by atoms with E-state index in [9.17, 15) is 38.4 Å². The van der Waals surface area contributed by atoms with Crippen molar-refractivity contribution in [1.29, 1.82) is 0 Å². The molecule has 0 bridgehead atoms. The predicted molar refractivity (Wildman–Crippen MR) is 316 cm³/mol. The second-order valence-electron chi connectivity index (χ2n) is 21.2. The summed E-state index contributed by atoms with van der Waals surface area (Å²) in [6.45, 7) is 18.0. The highest BCUT2D eigenvalue weighted by atomic mass is 79.9. The van der Waals surface area contributed by atoms with Crippen LogP contribution in [0.5, 0.6) is 0 Å². The Kier molecular flexibility index (Phi) is 20.4. The average Bonchev–Trinajstić information content (AvgIpc) is 3.59. The summed E-state index contributed by atoms with van der Waals surface area (Å²) >= 11 is 15.2. The van der Waals surface area contributed by atoms with Gasteiger partial charge in [0, 0.05) is 114 Å². The van der Waals surface area contributed by atoms with Crippen LogP contribution in [0.2, 0.25) is 0 Å². The first kappa shape index (κ1) is 62.5. The van der Waals surface area contributed by atoms with E-state index in [1.54, 1.807) is 24.3 Å². The summed E-state index contributed by atoms with van der Waals surface area (Å²) < 4.78 is 28.9. The van der Waals surface area contributed by atoms with Gasteiger partial charge < -0.3 is 29.0 Å². The Bertz CT molecular complexity index is 3320. The van der Waals surface area contributed by atoms with Gasteiger partial charge in [-0.2, -0.15) is 0 Å². The zero-order valence-corrected chi connectivity index (χ0v) is 52.2. The molecule has 2 aliphatic heterocycles. The van der Waals surface area contributed by atoms with Gasteiger partial charge in [-0.3, -0.25) is 48.2 Å². The molecule has 2 aliphatic rings. The summed E-state index contributed by atoms with van der Waals surface area (Å²) in [6.07, 6.45) is 0.514. The number of nitrogens with one attached hydrogen (secondary N) is 1. The van der Waals surface area contributed by atoms with Crippen LogP contribution < -0.4 is 5.32 Å². The molecular formula is C59H61Br4N3O15. The summed E-state index contributed by atoms with van der Waals surface area (Å²) in [5.41, 5.74) is 1.04. The number of imide groups is 2. The number of halogens is 4. The van der Waals surface area contributed by atoms with E-state index in [2.05, 4.69) is 82.2 Å². The van der Waals surface area contributed by atoms with Crippen LogP contribution in [0.25, 0.3) is 43.1 Å². The van der Waals surface area contributed by atoms with Gasteiger partial charge in [-0.05, 0) is 75.6 Å². The van der Waals surface area contributed by atoms with E-state index >= 15 is 9.59 Å². The molecule has 0 aliphatic carbocycles. The Morgan fingerprint density at radius 2 is 0.840 bits per heavy atom. The van der Waals surface area contributed by atoms with Gasteiger partial charge in [0.05, 0.1) is 24.9 Å². The smallest absolute Gasteiger partial charge is 0.333 e. The van der Waals surface area contributed by atoms with Crippen LogP contribution in [0.4, 0.5) is 0 Å². The molecular weight excluding hydrogens is 1310 g/mol. The van der Waals surface area contributed by atoms with Crippen LogP contribution in [-0.2, 0) is 52.5 Å². The van der Waals surface area contributed by atoms with E-state index < -0.39 is 104 Å². The third-order valence-electron chi connectivity index (χ3n) is 13.8. The van der Waals surface area contributed by atoms with Crippen molar-refractivity contribution in [3.8, 4) is 0 Å². The molecule has 0 spiro atoms. The molecule has 1 N–H and O–H groups in total. The van der Waals surface area contributed by atoms with Crippen LogP contribution in [0.15, 0.2) is 66.5 Å². The minimum Gasteiger partial charge on any atom is -0.463 e. The SMILES string of the molecule is C=C(C)C(=O)OCC(COC(=O)C(=C)C)OC(=O)CCC(=O)OCC(CC(C)C)N1C(=O)c2cc(Br)c3c4c(Br)cc5c6c(cc(Br)c(c7c(Br)cc(c2c37)C1=O)c64)C(=O)N(C(COC(=O)CCCCCNC(C)=O)CC(C)C)C5=O. The highest BCUT2D eigenvalue weighted by molar-refractivity contribution is 9.11. The predicted octanol–water partition coefficient (Wildman–Crippen LogP) is 11.5. The fraction of sp³-hybridized carbons (Fsp3) is 0.424. The van der Waals surface area contributed by atoms with Gasteiger partial charge in [0.2, 0.25) is 5.91 Å². The number of carbonyl (C=O) groups excluding carboxylic acids is 10. The van der Waals surface area contributed by atoms with E-state index in [1.165, 1.54) is 25.7 Å². The fourth-order valence-electron chi connectivity index (χ4n) is 10.3. The molecule has 0 fully saturated rings. The van der Waals surface area contributed by atoms with Crippen LogP contribution in [0, 0.1) is 11.8 Å². The van der Waals surface area contributed by atoms with Crippen molar-refractivity contribution in [2.75, 3.05) is 33.0 Å². The first-order chi connectivity index (χ1) is 38.2. The largest absolute Gasteiger partial charge is 0.463 e. The Hall–Kier alpha value is -6.10. The molecule has 7 rings (SSSR count). The van der Waals surface area contributed by atoms with Crippen molar-refractivity contribution in [2.45, 2.75) is 118 Å². The lowest BCUT2D eigenvalue weighted by molar-refractivity contribution is -0.165. The zero-order chi connectivity index (χ0) is 59.5. The van der Waals surface area contributed by atoms with Crippen molar-refractivity contribution < 1.29 is 71.6 Å². The van der Waals surface area contributed by atoms with E-state index in [1.807, 2.05) is 27.7 Å². The Morgan fingerprint density at radius 1 is 0.481 bits per heavy atom. The van der Waals surface area contributed by atoms with Gasteiger partial charge in [0.1, 0.15) is 26.4 Å². The summed E-state index contributed by atoms with van der Waals surface area (Å²) in [5, 5.41) is 7.02. The maximum atomic E-state index is 15.0. The molecule has 0 saturated heterocycles. The van der Waals surface area contributed by atoms with E-state index in [4.69, 9.17) is 23.7 Å². The molecule has 5 aromatic rings. The number of hydrogen-bond donors (Lipinski definition) is 1. The fourth-order valence-corrected chi connectivity index (χ4v) is 12.8. The van der Waals surface area contributed by atoms with Crippen molar-refractivity contribution >= 4 is 166 Å². The number of fused-ring (bicyclic) bond motifs is 2. The number of hydrogen-bond acceptors (Lipinski definition) is 15. The molecule has 0 aromatic heterocycles. The second kappa shape index (κ2) is 26.4. The summed E-state index contributed by atoms with van der Waals surface area (Å²) in [7, 11) is 0. The molecule has 2 heterocycles. The topological polar surface area (TPSA) is 235 Å². The second-order valence-corrected chi connectivity index (χ2v) is 24.6. The molecule has 5 amide bonds. The van der Waals surface area contributed by atoms with Crippen LogP contribution >= 0.6 is 63.7 Å². The van der Waals surface area contributed by atoms with Gasteiger partial charge in [-0.25, -0.2) is 9.59 Å². The van der Waals surface area contributed by atoms with Gasteiger partial charge in [0.15, 0.2) is 6.10 Å². The lowest BCUT2D eigenvalue weighted by atomic mass is 9.81. The van der Waals surface area contributed by atoms with Crippen LogP contribution in [0.1, 0.15) is 141 Å². The summed E-state index contributed by atoms with van der Waals surface area (Å²) in [6, 6.07) is 4.88. The van der Waals surface area contributed by atoms with E-state index in [0.717, 1.165) is 4.90 Å². The molecule has 18 nitrogen and oxygen atoms in total. The highest BCUT2D eigenvalue weighted by Crippen LogP contribution is 2.54. The molecule has 2 unspecified atom stereocenters. The molecule has 430 valence electrons. The quantitative estimate of drug-likeness (QED) is 0.0103. The lowest BCUT2D eigenvalue weighted by Gasteiger charge is -2.36. The number of carbonyl (C=O) groups is 10. The Labute approximate surface area is 501 Å². The summed E-state index contributed by atoms with van der Waals surface area (Å²) in [4.78, 5) is 137. The zero-order valence-electron chi connectivity index (χ0n) is 45.8. The molecule has 2 atom stereocenters. The Morgan fingerprint density at radius 3 is 1.19 bits per heavy atom. The molecule has 0 radical (unpaired) electrons. The van der Waals surface area contributed by atoms with Gasteiger partial charge in [0.25, 0.3) is 23.6 Å². The summed E-state index contributed by atoms with van der Waals surface area (Å²) in [5.74, 6) is -6.32. The number of ether oxygens (including phenoxy) is 5. The standard InChI is InChI=1S/C59H61Br4N3O15/c1-27(2)17-32(23-77-43(68)13-11-10-12-16-64-31(9)67)65-54(71)35-19-39(60)48-50-41(62)21-37-47-38(22-42(63)51(53(47)50)49-40(61)20-36(55(65)72)46(35)52(48)49)57(74)66(56(37)73)33(18-28(3)4)24-78-44(69)14-15-45(70)81-34(25-79-58(75)29(5)6)26-80-59(76)30(7)8/h19-22,27-28,32-34H,5,7,10-18,23-26H2,1-4,6,8-9H3,(H,64,67). The Balaban J connectivity index is 1.17. The lowest BCUT2D eigenvalue weighted by Crippen LogP contribution is -2.50. The molecule has 5 aromatic carbocycles. The third-order valence-corrected chi connectivity index (χ3v) is 16.3. The maximum absolute atomic E-state index is 15.0. The highest BCUT2D eigenvalue weighted by Gasteiger charge is 2.43. The number of esters is 5. The van der Waals surface area contributed by atoms with E-state index in [0.29, 0.717) is 93.2 Å². The maximum Gasteiger partial charge on any atom is 0.333 e. The first-order valence-electron chi connectivity index (χ1n) is 26.4. The van der Waals surface area contributed by atoms with Gasteiger partial charge in [-0.15, -0.1) is 0 Å². The average molecular weight is 1370 g/mol. The first-order valence-corrected chi connectivity index (χ1v) is 29.5. The number of amides is 5. The van der Waals surface area contributed by atoms with Gasteiger partial charge in [-0.1, -0.05) is 111 Å². The molecule has 22 heteroatoms. The molecule has 0 saturated carbocycles. The normalized spacial score (nSPS) is 14.0. The van der Waals surface area contributed by atoms with Crippen LogP contribution in [-0.4, -0.2) is 120 Å². The molecule has 81 heavy (non-hydrogen) atoms. The minimum absolute atomic E-state index is 0.00985. The van der Waals surface area contributed by atoms with Crippen LogP contribution in [0.3, 0.4) is 0 Å². The monoisotopic (exact) mass is 1370 g/mol. The van der Waals surface area contributed by atoms with Crippen molar-refractivity contribution in [1.82, 2.24) is 15.1 Å². The number of nitrogens with zero attached hydrogens (tertiary/aromatic N) is 2. The van der Waals surface area contributed by atoms with E-state index in [-0.39, 0.29) is 70.6 Å². The number of unbranched alkanes of at least 4 members (excludes halogenated alkanes) is 2.